The van der Waals surface area contributed by atoms with Gasteiger partial charge in [-0.3, -0.25) is 0 Å². The molecule has 0 fully saturated rings. The predicted octanol–water partition coefficient (Wildman–Crippen LogP) is -0.224. The van der Waals surface area contributed by atoms with Gasteiger partial charge in [0.1, 0.15) is 17.5 Å². The molecule has 90 valence electrons. The Morgan fingerprint density at radius 2 is 2.25 bits per heavy atom. The molecule has 0 radical (unpaired) electrons. The van der Waals surface area contributed by atoms with E-state index in [2.05, 4.69) is 15.3 Å². The first-order valence-corrected chi connectivity index (χ1v) is 5.32. The molecule has 0 aliphatic carbocycles. The van der Waals surface area contributed by atoms with E-state index in [-0.39, 0.29) is 13.2 Å². The number of aromatic nitrogens is 2. The molecule has 1 aromatic heterocycles. The van der Waals surface area contributed by atoms with E-state index in [1.807, 2.05) is 6.92 Å². The number of anilines is 2. The van der Waals surface area contributed by atoms with Gasteiger partial charge >= 0.3 is 0 Å². The van der Waals surface area contributed by atoms with Crippen molar-refractivity contribution in [1.29, 1.82) is 0 Å². The van der Waals surface area contributed by atoms with Gasteiger partial charge in [-0.15, -0.1) is 0 Å². The Morgan fingerprint density at radius 3 is 2.88 bits per heavy atom. The SMILES string of the molecule is CCCc1nc(N)cc(NCC(O)CO)n1. The molecule has 1 unspecified atom stereocenters. The number of aryl methyl sites for hydroxylation is 1. The molecule has 1 heterocycles. The molecule has 0 spiro atoms. The highest BCUT2D eigenvalue weighted by Crippen LogP contribution is 2.09. The van der Waals surface area contributed by atoms with E-state index >= 15 is 0 Å². The molecule has 0 aliphatic rings. The van der Waals surface area contributed by atoms with Gasteiger partial charge in [-0.2, -0.15) is 0 Å². The van der Waals surface area contributed by atoms with E-state index in [9.17, 15) is 5.11 Å². The number of nitrogens with one attached hydrogen (secondary N) is 1. The van der Waals surface area contributed by atoms with Crippen LogP contribution >= 0.6 is 0 Å². The Balaban J connectivity index is 2.64. The Morgan fingerprint density at radius 1 is 1.50 bits per heavy atom. The minimum Gasteiger partial charge on any atom is -0.394 e. The molecule has 0 aliphatic heterocycles. The van der Waals surface area contributed by atoms with Gasteiger partial charge in [0.25, 0.3) is 0 Å². The molecule has 6 heteroatoms. The van der Waals surface area contributed by atoms with Gasteiger partial charge in [0.05, 0.1) is 12.7 Å². The Labute approximate surface area is 94.5 Å². The molecular weight excluding hydrogens is 208 g/mol. The zero-order valence-electron chi connectivity index (χ0n) is 9.35. The average Bonchev–Trinajstić information content (AvgIpc) is 2.25. The van der Waals surface area contributed by atoms with Crippen molar-refractivity contribution in [2.24, 2.45) is 0 Å². The van der Waals surface area contributed by atoms with Crippen LogP contribution in [0.3, 0.4) is 0 Å². The van der Waals surface area contributed by atoms with Gasteiger partial charge in [-0.25, -0.2) is 9.97 Å². The number of hydrogen-bond acceptors (Lipinski definition) is 6. The van der Waals surface area contributed by atoms with E-state index in [0.717, 1.165) is 12.8 Å². The fourth-order valence-corrected chi connectivity index (χ4v) is 1.23. The maximum Gasteiger partial charge on any atom is 0.133 e. The predicted molar refractivity (Wildman–Crippen MR) is 62.0 cm³/mol. The highest BCUT2D eigenvalue weighted by molar-refractivity contribution is 5.44. The zero-order chi connectivity index (χ0) is 12.0. The van der Waals surface area contributed by atoms with Crippen LogP contribution in [-0.2, 0) is 6.42 Å². The number of nitrogens with two attached hydrogens (primary N) is 1. The van der Waals surface area contributed by atoms with Crippen LogP contribution in [0.2, 0.25) is 0 Å². The van der Waals surface area contributed by atoms with E-state index < -0.39 is 6.10 Å². The van der Waals surface area contributed by atoms with Crippen molar-refractivity contribution in [2.45, 2.75) is 25.9 Å². The molecule has 1 atom stereocenters. The van der Waals surface area contributed by atoms with Gasteiger partial charge in [0.15, 0.2) is 0 Å². The summed E-state index contributed by atoms with van der Waals surface area (Å²) in [7, 11) is 0. The van der Waals surface area contributed by atoms with E-state index in [1.54, 1.807) is 6.07 Å². The third kappa shape index (κ3) is 4.00. The lowest BCUT2D eigenvalue weighted by molar-refractivity contribution is 0.105. The monoisotopic (exact) mass is 226 g/mol. The topological polar surface area (TPSA) is 104 Å². The second-order valence-electron chi connectivity index (χ2n) is 3.56. The number of aliphatic hydroxyl groups is 2. The van der Waals surface area contributed by atoms with Crippen molar-refractivity contribution in [3.63, 3.8) is 0 Å². The fraction of sp³-hybridized carbons (Fsp3) is 0.600. The van der Waals surface area contributed by atoms with Gasteiger partial charge in [-0.05, 0) is 6.42 Å². The third-order valence-corrected chi connectivity index (χ3v) is 2.00. The second-order valence-corrected chi connectivity index (χ2v) is 3.56. The van der Waals surface area contributed by atoms with Crippen LogP contribution in [0.15, 0.2) is 6.07 Å². The van der Waals surface area contributed by atoms with Crippen molar-refractivity contribution in [3.05, 3.63) is 11.9 Å². The smallest absolute Gasteiger partial charge is 0.133 e. The molecule has 0 saturated carbocycles. The summed E-state index contributed by atoms with van der Waals surface area (Å²) in [6.45, 7) is 1.99. The van der Waals surface area contributed by atoms with Crippen molar-refractivity contribution in [2.75, 3.05) is 24.2 Å². The van der Waals surface area contributed by atoms with Crippen LogP contribution in [0.4, 0.5) is 11.6 Å². The summed E-state index contributed by atoms with van der Waals surface area (Å²) < 4.78 is 0. The maximum absolute atomic E-state index is 9.17. The van der Waals surface area contributed by atoms with Crippen LogP contribution in [0, 0.1) is 0 Å². The molecule has 0 amide bonds. The first-order chi connectivity index (χ1) is 7.65. The lowest BCUT2D eigenvalue weighted by atomic mass is 10.3. The number of rotatable bonds is 6. The Hall–Kier alpha value is -1.40. The fourth-order valence-electron chi connectivity index (χ4n) is 1.23. The van der Waals surface area contributed by atoms with Crippen molar-refractivity contribution < 1.29 is 10.2 Å². The third-order valence-electron chi connectivity index (χ3n) is 2.00. The van der Waals surface area contributed by atoms with E-state index in [4.69, 9.17) is 10.8 Å². The number of nitrogens with zero attached hydrogens (tertiary/aromatic N) is 2. The van der Waals surface area contributed by atoms with Gasteiger partial charge in [-0.1, -0.05) is 6.92 Å². The highest BCUT2D eigenvalue weighted by Gasteiger charge is 2.04. The number of nitrogen functional groups attached to an aromatic ring is 1. The summed E-state index contributed by atoms with van der Waals surface area (Å²) in [5.74, 6) is 1.66. The lowest BCUT2D eigenvalue weighted by Crippen LogP contribution is -2.23. The molecule has 5 N–H and O–H groups in total. The van der Waals surface area contributed by atoms with Crippen LogP contribution < -0.4 is 11.1 Å². The zero-order valence-corrected chi connectivity index (χ0v) is 9.35. The lowest BCUT2D eigenvalue weighted by Gasteiger charge is -2.10. The maximum atomic E-state index is 9.17. The van der Waals surface area contributed by atoms with Crippen molar-refractivity contribution in [1.82, 2.24) is 9.97 Å². The van der Waals surface area contributed by atoms with E-state index in [1.165, 1.54) is 0 Å². The molecule has 16 heavy (non-hydrogen) atoms. The molecule has 1 rings (SSSR count). The van der Waals surface area contributed by atoms with Gasteiger partial charge in [0.2, 0.25) is 0 Å². The standard InChI is InChI=1S/C10H18N4O2/c1-2-3-9-13-8(11)4-10(14-9)12-5-7(16)6-15/h4,7,15-16H,2-3,5-6H2,1H3,(H3,11,12,13,14). The average molecular weight is 226 g/mol. The second kappa shape index (κ2) is 6.24. The Bertz CT molecular complexity index is 333. The number of hydrogen-bond donors (Lipinski definition) is 4. The van der Waals surface area contributed by atoms with Crippen LogP contribution in [-0.4, -0.2) is 39.4 Å². The summed E-state index contributed by atoms with van der Waals surface area (Å²) in [4.78, 5) is 8.32. The molecule has 0 aromatic carbocycles. The molecule has 0 bridgehead atoms. The summed E-state index contributed by atoms with van der Waals surface area (Å²) in [6.07, 6.45) is 0.913. The first-order valence-electron chi connectivity index (χ1n) is 5.32. The molecule has 6 nitrogen and oxygen atoms in total. The molecular formula is C10H18N4O2. The summed E-state index contributed by atoms with van der Waals surface area (Å²) in [5, 5.41) is 20.7. The highest BCUT2D eigenvalue weighted by atomic mass is 16.3. The largest absolute Gasteiger partial charge is 0.394 e. The molecule has 1 aromatic rings. The van der Waals surface area contributed by atoms with E-state index in [0.29, 0.717) is 17.5 Å². The van der Waals surface area contributed by atoms with Crippen molar-refractivity contribution in [3.8, 4) is 0 Å². The molecule has 0 saturated heterocycles. The number of aliphatic hydroxyl groups excluding tert-OH is 2. The minimum atomic E-state index is -0.800. The summed E-state index contributed by atoms with van der Waals surface area (Å²) in [5.41, 5.74) is 5.63. The van der Waals surface area contributed by atoms with Crippen molar-refractivity contribution >= 4 is 11.6 Å². The first kappa shape index (κ1) is 12.7. The summed E-state index contributed by atoms with van der Waals surface area (Å²) in [6, 6.07) is 1.60. The van der Waals surface area contributed by atoms with Gasteiger partial charge < -0.3 is 21.3 Å². The minimum absolute atomic E-state index is 0.235. The van der Waals surface area contributed by atoms with Crippen LogP contribution in [0.5, 0.6) is 0 Å². The van der Waals surface area contributed by atoms with Crippen LogP contribution in [0.1, 0.15) is 19.2 Å². The Kier molecular flexibility index (Phi) is 4.94. The quantitative estimate of drug-likeness (QED) is 0.534. The van der Waals surface area contributed by atoms with Gasteiger partial charge in [0, 0.05) is 19.0 Å². The summed E-state index contributed by atoms with van der Waals surface area (Å²) >= 11 is 0. The normalized spacial score (nSPS) is 12.4. The van der Waals surface area contributed by atoms with Crippen LogP contribution in [0.25, 0.3) is 0 Å².